The topological polar surface area (TPSA) is 151 Å². The highest BCUT2D eigenvalue weighted by molar-refractivity contribution is 5.94. The Bertz CT molecular complexity index is 2180. The number of rotatable bonds is 5. The van der Waals surface area contributed by atoms with Crippen molar-refractivity contribution in [2.24, 2.45) is 0 Å². The fraction of sp³-hybridized carbons (Fsp3) is 0.400. The van der Waals surface area contributed by atoms with E-state index in [1.54, 1.807) is 40.9 Å². The molecule has 3 heterocycles. The van der Waals surface area contributed by atoms with Gasteiger partial charge in [-0.15, -0.1) is 0 Å². The molecule has 3 aliphatic rings. The van der Waals surface area contributed by atoms with Crippen LogP contribution in [0.5, 0.6) is 0 Å². The highest BCUT2D eigenvalue weighted by Crippen LogP contribution is 2.39. The summed E-state index contributed by atoms with van der Waals surface area (Å²) in [6, 6.07) is 4.63. The van der Waals surface area contributed by atoms with Gasteiger partial charge >= 0.3 is 18.0 Å². The van der Waals surface area contributed by atoms with E-state index < -0.39 is 57.5 Å². The Kier molecular flexibility index (Phi) is 8.87. The van der Waals surface area contributed by atoms with Crippen molar-refractivity contribution in [2.75, 3.05) is 31.1 Å². The number of fused-ring (bicyclic) bond motifs is 2. The quantitative estimate of drug-likeness (QED) is 0.274. The fourth-order valence-corrected chi connectivity index (χ4v) is 6.02. The van der Waals surface area contributed by atoms with Crippen molar-refractivity contribution in [3.63, 3.8) is 0 Å². The lowest BCUT2D eigenvalue weighted by molar-refractivity contribution is 0.0240. The summed E-state index contributed by atoms with van der Waals surface area (Å²) in [6.45, 7) is 7.03. The normalized spacial score (nSPS) is 16.3. The first kappa shape index (κ1) is 34.5. The molecule has 264 valence electrons. The van der Waals surface area contributed by atoms with Gasteiger partial charge in [-0.2, -0.15) is 0 Å². The molecule has 0 atom stereocenters. The first-order valence-corrected chi connectivity index (χ1v) is 16.2. The lowest BCUT2D eigenvalue weighted by Crippen LogP contribution is -2.50. The van der Waals surface area contributed by atoms with Gasteiger partial charge < -0.3 is 33.9 Å². The number of pyridine rings is 2. The number of amides is 1. The molecule has 7 rings (SSSR count). The second-order valence-electron chi connectivity index (χ2n) is 13.7. The van der Waals surface area contributed by atoms with Crippen LogP contribution in [0.4, 0.5) is 23.7 Å². The van der Waals surface area contributed by atoms with E-state index in [1.807, 2.05) is 4.90 Å². The molecule has 0 spiro atoms. The molecule has 2 aliphatic carbocycles. The predicted molar refractivity (Wildman–Crippen MR) is 177 cm³/mol. The van der Waals surface area contributed by atoms with E-state index in [0.29, 0.717) is 37.4 Å². The van der Waals surface area contributed by atoms with E-state index in [9.17, 15) is 37.9 Å². The van der Waals surface area contributed by atoms with E-state index in [4.69, 9.17) is 9.84 Å². The standard InChI is InChI=1S/C22H26FN3O5.C13H9F2NO3/c1-22(2,3)31-21(30)25-8-6-24(7-9-25)18-11-17-14(10-16(18)23)19(27)15(20(28)29)12-26(17)13-4-5-13;14-9-3-7-11(4-10(9)15)16(6-1-2-6)5-8(12(7)17)13(18)19/h10-13H,4-9H2,1-3H3,(H,28,29);3-6H,1-2H2,(H,18,19). The fourth-order valence-electron chi connectivity index (χ4n) is 6.02. The minimum Gasteiger partial charge on any atom is -0.477 e. The maximum Gasteiger partial charge on any atom is 0.410 e. The zero-order valence-electron chi connectivity index (χ0n) is 27.5. The molecule has 0 unspecified atom stereocenters. The Morgan fingerprint density at radius 3 is 1.58 bits per heavy atom. The maximum absolute atomic E-state index is 15.0. The number of anilines is 1. The van der Waals surface area contributed by atoms with Crippen LogP contribution in [-0.2, 0) is 4.74 Å². The number of carboxylic acids is 2. The van der Waals surface area contributed by atoms with Gasteiger partial charge in [0, 0.05) is 67.5 Å². The molecule has 0 bridgehead atoms. The molecule has 2 saturated carbocycles. The Balaban J connectivity index is 0.000000194. The summed E-state index contributed by atoms with van der Waals surface area (Å²) in [7, 11) is 0. The van der Waals surface area contributed by atoms with Crippen LogP contribution in [0.3, 0.4) is 0 Å². The summed E-state index contributed by atoms with van der Waals surface area (Å²) >= 11 is 0. The predicted octanol–water partition coefficient (Wildman–Crippen LogP) is 5.54. The highest BCUT2D eigenvalue weighted by atomic mass is 19.2. The Hall–Kier alpha value is -5.34. The van der Waals surface area contributed by atoms with Crippen LogP contribution in [0.2, 0.25) is 0 Å². The number of carbonyl (C=O) groups is 3. The van der Waals surface area contributed by atoms with Crippen molar-refractivity contribution >= 4 is 45.5 Å². The van der Waals surface area contributed by atoms with Gasteiger partial charge in [-0.1, -0.05) is 0 Å². The van der Waals surface area contributed by atoms with Gasteiger partial charge in [0.25, 0.3) is 0 Å². The van der Waals surface area contributed by atoms with Gasteiger partial charge in [-0.3, -0.25) is 9.59 Å². The van der Waals surface area contributed by atoms with Gasteiger partial charge in [0.15, 0.2) is 11.6 Å². The van der Waals surface area contributed by atoms with E-state index in [0.717, 1.165) is 43.9 Å². The monoisotopic (exact) mass is 696 g/mol. The molecule has 1 aliphatic heterocycles. The van der Waals surface area contributed by atoms with E-state index in [1.165, 1.54) is 12.4 Å². The smallest absolute Gasteiger partial charge is 0.410 e. The van der Waals surface area contributed by atoms with Crippen LogP contribution < -0.4 is 15.8 Å². The largest absolute Gasteiger partial charge is 0.477 e. The van der Waals surface area contributed by atoms with Crippen molar-refractivity contribution in [1.82, 2.24) is 14.0 Å². The third-order valence-corrected chi connectivity index (χ3v) is 8.79. The number of hydrogen-bond donors (Lipinski definition) is 2. The lowest BCUT2D eigenvalue weighted by atomic mass is 10.1. The molecule has 2 aromatic carbocycles. The third kappa shape index (κ3) is 6.89. The second kappa shape index (κ2) is 12.8. The highest BCUT2D eigenvalue weighted by Gasteiger charge is 2.31. The number of piperazine rings is 1. The summed E-state index contributed by atoms with van der Waals surface area (Å²) in [5.41, 5.74) is -1.73. The zero-order chi connectivity index (χ0) is 36.2. The maximum atomic E-state index is 15.0. The molecule has 2 N–H and O–H groups in total. The van der Waals surface area contributed by atoms with Crippen LogP contribution in [0.15, 0.2) is 46.2 Å². The SMILES string of the molecule is CC(C)(C)OC(=O)N1CCN(c2cc3c(cc2F)c(=O)c(C(=O)O)cn3C2CC2)CC1.O=C(O)c1cn(C2CC2)c2cc(F)c(F)cc2c1=O. The van der Waals surface area contributed by atoms with Crippen LogP contribution in [0.25, 0.3) is 21.8 Å². The molecule has 15 heteroatoms. The van der Waals surface area contributed by atoms with E-state index in [2.05, 4.69) is 0 Å². The average molecular weight is 697 g/mol. The Labute approximate surface area is 282 Å². The summed E-state index contributed by atoms with van der Waals surface area (Å²) in [5, 5.41) is 18.3. The summed E-state index contributed by atoms with van der Waals surface area (Å²) in [4.78, 5) is 62.8. The molecule has 50 heavy (non-hydrogen) atoms. The minimum absolute atomic E-state index is 0.0473. The van der Waals surface area contributed by atoms with Gasteiger partial charge in [-0.05, 0) is 64.7 Å². The summed E-state index contributed by atoms with van der Waals surface area (Å²) in [6.07, 6.45) is 5.62. The van der Waals surface area contributed by atoms with Crippen LogP contribution >= 0.6 is 0 Å². The number of carboxylic acid groups (broad SMARTS) is 2. The molecule has 3 fully saturated rings. The van der Waals surface area contributed by atoms with Gasteiger partial charge in [0.05, 0.1) is 16.7 Å². The number of aromatic nitrogens is 2. The average Bonchev–Trinajstić information content (AvgIpc) is 3.97. The van der Waals surface area contributed by atoms with Crippen LogP contribution in [-0.4, -0.2) is 74.1 Å². The molecule has 12 nitrogen and oxygen atoms in total. The van der Waals surface area contributed by atoms with Crippen LogP contribution in [0, 0.1) is 17.5 Å². The first-order chi connectivity index (χ1) is 23.5. The Morgan fingerprint density at radius 2 is 1.14 bits per heavy atom. The van der Waals surface area contributed by atoms with Crippen molar-refractivity contribution in [3.05, 3.63) is 85.7 Å². The number of aromatic carboxylic acids is 2. The molecule has 1 amide bonds. The number of halogens is 3. The Morgan fingerprint density at radius 1 is 0.700 bits per heavy atom. The number of nitrogens with zero attached hydrogens (tertiary/aromatic N) is 4. The molecule has 0 radical (unpaired) electrons. The lowest BCUT2D eigenvalue weighted by Gasteiger charge is -2.37. The molecular formula is C35H35F3N4O8. The molecular weight excluding hydrogens is 661 g/mol. The minimum atomic E-state index is -1.37. The van der Waals surface area contributed by atoms with Crippen LogP contribution in [0.1, 0.15) is 79.3 Å². The van der Waals surface area contributed by atoms with Crippen molar-refractivity contribution in [1.29, 1.82) is 0 Å². The summed E-state index contributed by atoms with van der Waals surface area (Å²) < 4.78 is 50.3. The van der Waals surface area contributed by atoms with Gasteiger partial charge in [0.1, 0.15) is 22.5 Å². The second-order valence-corrected chi connectivity index (χ2v) is 13.7. The molecule has 4 aromatic rings. The van der Waals surface area contributed by atoms with Crippen molar-refractivity contribution in [2.45, 2.75) is 64.1 Å². The molecule has 1 saturated heterocycles. The van der Waals surface area contributed by atoms with Gasteiger partial charge in [0.2, 0.25) is 10.9 Å². The van der Waals surface area contributed by atoms with Crippen molar-refractivity contribution in [3.8, 4) is 0 Å². The van der Waals surface area contributed by atoms with E-state index >= 15 is 4.39 Å². The van der Waals surface area contributed by atoms with Gasteiger partial charge in [-0.25, -0.2) is 27.6 Å². The molecule has 2 aromatic heterocycles. The number of benzene rings is 2. The van der Waals surface area contributed by atoms with Crippen molar-refractivity contribution < 1.29 is 42.5 Å². The number of ether oxygens (including phenoxy) is 1. The number of hydrogen-bond acceptors (Lipinski definition) is 7. The summed E-state index contributed by atoms with van der Waals surface area (Å²) in [5.74, 6) is -5.48. The zero-order valence-corrected chi connectivity index (χ0v) is 27.5. The van der Waals surface area contributed by atoms with E-state index in [-0.39, 0.29) is 33.9 Å². The number of carbonyl (C=O) groups excluding carboxylic acids is 1. The first-order valence-electron chi connectivity index (χ1n) is 16.2. The third-order valence-electron chi connectivity index (χ3n) is 8.79.